The lowest BCUT2D eigenvalue weighted by Crippen LogP contribution is -2.37. The minimum Gasteiger partial charge on any atom is -0.306 e. The number of carbonyl (C=O) groups excluding carboxylic acids is 1. The van der Waals surface area contributed by atoms with Gasteiger partial charge >= 0.3 is 5.69 Å². The van der Waals surface area contributed by atoms with Crippen molar-refractivity contribution in [3.8, 4) is 0 Å². The minimum absolute atomic E-state index is 0.0340. The number of unbranched alkanes of at least 4 members (excludes halogenated alkanes) is 1. The van der Waals surface area contributed by atoms with Crippen LogP contribution in [0.3, 0.4) is 0 Å². The molecule has 0 bridgehead atoms. The number of aryl methyl sites for hydroxylation is 1. The van der Waals surface area contributed by atoms with Crippen LogP contribution in [0.2, 0.25) is 5.02 Å². The number of rotatable bonds is 6. The number of likely N-dealkylation sites (tertiary alicyclic amines) is 1. The number of amides is 1. The van der Waals surface area contributed by atoms with Crippen LogP contribution in [0, 0.1) is 6.92 Å². The number of carbonyl (C=O) groups is 1. The summed E-state index contributed by atoms with van der Waals surface area (Å²) in [4.78, 5) is 30.5. The molecule has 1 aromatic heterocycles. The first-order chi connectivity index (χ1) is 16.3. The summed E-state index contributed by atoms with van der Waals surface area (Å²) in [6.45, 7) is 4.77. The van der Waals surface area contributed by atoms with Crippen molar-refractivity contribution < 1.29 is 13.2 Å². The van der Waals surface area contributed by atoms with Gasteiger partial charge in [-0.1, -0.05) is 17.7 Å². The molecule has 0 radical (unpaired) electrons. The van der Waals surface area contributed by atoms with Crippen LogP contribution in [0.5, 0.6) is 0 Å². The third-order valence-electron chi connectivity index (χ3n) is 6.85. The summed E-state index contributed by atoms with van der Waals surface area (Å²) in [6.07, 6.45) is 3.15. The Morgan fingerprint density at radius 3 is 2.53 bits per heavy atom. The van der Waals surface area contributed by atoms with Gasteiger partial charge in [0, 0.05) is 30.7 Å². The zero-order valence-corrected chi connectivity index (χ0v) is 20.5. The van der Waals surface area contributed by atoms with E-state index in [1.807, 2.05) is 23.6 Å². The van der Waals surface area contributed by atoms with E-state index in [1.54, 1.807) is 0 Å². The SMILES string of the molecule is Cc1ccc2[nH]c(=O)n(C3CCN(CCCCN4C(=O)c5cc(Cl)ccc5S4(=O)=O)CC3)c2c1. The molecule has 8 nitrogen and oxygen atoms in total. The van der Waals surface area contributed by atoms with Crippen LogP contribution in [0.25, 0.3) is 11.0 Å². The van der Waals surface area contributed by atoms with Gasteiger partial charge in [0.15, 0.2) is 0 Å². The Balaban J connectivity index is 1.14. The van der Waals surface area contributed by atoms with E-state index in [-0.39, 0.29) is 28.7 Å². The van der Waals surface area contributed by atoms with Crippen molar-refractivity contribution in [2.45, 2.75) is 43.5 Å². The van der Waals surface area contributed by atoms with Crippen LogP contribution in [0.15, 0.2) is 46.1 Å². The average molecular weight is 503 g/mol. The molecule has 2 aliphatic rings. The van der Waals surface area contributed by atoms with Crippen molar-refractivity contribution in [1.29, 1.82) is 0 Å². The predicted octanol–water partition coefficient (Wildman–Crippen LogP) is 3.55. The third-order valence-corrected chi connectivity index (χ3v) is 8.92. The Morgan fingerprint density at radius 2 is 1.76 bits per heavy atom. The zero-order chi connectivity index (χ0) is 24.0. The van der Waals surface area contributed by atoms with Crippen molar-refractivity contribution in [2.24, 2.45) is 0 Å². The maximum absolute atomic E-state index is 12.7. The number of H-pyrrole nitrogens is 1. The van der Waals surface area contributed by atoms with Crippen molar-refractivity contribution in [1.82, 2.24) is 18.8 Å². The number of imidazole rings is 1. The number of benzene rings is 2. The number of nitrogens with zero attached hydrogens (tertiary/aromatic N) is 3. The van der Waals surface area contributed by atoms with Crippen molar-refractivity contribution in [2.75, 3.05) is 26.2 Å². The number of fused-ring (bicyclic) bond motifs is 2. The first-order valence-electron chi connectivity index (χ1n) is 11.6. The quantitative estimate of drug-likeness (QED) is 0.520. The molecule has 2 aromatic carbocycles. The Labute approximate surface area is 203 Å². The highest BCUT2D eigenvalue weighted by atomic mass is 35.5. The highest BCUT2D eigenvalue weighted by molar-refractivity contribution is 7.90. The molecule has 3 heterocycles. The molecule has 0 saturated carbocycles. The van der Waals surface area contributed by atoms with Crippen LogP contribution < -0.4 is 5.69 Å². The fourth-order valence-electron chi connectivity index (χ4n) is 5.06. The summed E-state index contributed by atoms with van der Waals surface area (Å²) in [5, 5.41) is 0.345. The van der Waals surface area contributed by atoms with E-state index in [9.17, 15) is 18.0 Å². The van der Waals surface area contributed by atoms with E-state index >= 15 is 0 Å². The molecule has 10 heteroatoms. The molecule has 1 fully saturated rings. The van der Waals surface area contributed by atoms with Gasteiger partial charge in [0.2, 0.25) is 0 Å². The van der Waals surface area contributed by atoms with Gasteiger partial charge in [-0.3, -0.25) is 9.36 Å². The zero-order valence-electron chi connectivity index (χ0n) is 19.0. The summed E-state index contributed by atoms with van der Waals surface area (Å²) in [6, 6.07) is 10.5. The molecule has 2 aliphatic heterocycles. The lowest BCUT2D eigenvalue weighted by molar-refractivity contribution is 0.0868. The van der Waals surface area contributed by atoms with Gasteiger partial charge in [0.25, 0.3) is 15.9 Å². The summed E-state index contributed by atoms with van der Waals surface area (Å²) in [5.41, 5.74) is 3.05. The van der Waals surface area contributed by atoms with E-state index in [2.05, 4.69) is 16.0 Å². The van der Waals surface area contributed by atoms with Gasteiger partial charge in [0.05, 0.1) is 16.6 Å². The predicted molar refractivity (Wildman–Crippen MR) is 131 cm³/mol. The van der Waals surface area contributed by atoms with Crippen molar-refractivity contribution in [3.05, 3.63) is 63.0 Å². The van der Waals surface area contributed by atoms with Gasteiger partial charge in [-0.15, -0.1) is 0 Å². The third kappa shape index (κ3) is 4.06. The van der Waals surface area contributed by atoms with E-state index in [0.717, 1.165) is 59.8 Å². The van der Waals surface area contributed by atoms with Crippen molar-refractivity contribution >= 4 is 38.6 Å². The standard InChI is InChI=1S/C24H27ClN4O4S/c1-16-4-6-20-21(14-16)29(24(31)26-20)18-8-12-27(13-9-18)10-2-3-11-28-23(30)19-15-17(25)5-7-22(19)34(28,32)33/h4-7,14-15,18H,2-3,8-13H2,1H3,(H,26,31). The minimum atomic E-state index is -3.80. The Morgan fingerprint density at radius 1 is 1.03 bits per heavy atom. The molecule has 0 aliphatic carbocycles. The number of hydrogen-bond donors (Lipinski definition) is 1. The summed E-state index contributed by atoms with van der Waals surface area (Å²) >= 11 is 5.94. The maximum atomic E-state index is 12.7. The van der Waals surface area contributed by atoms with E-state index < -0.39 is 15.9 Å². The number of halogens is 1. The van der Waals surface area contributed by atoms with Gasteiger partial charge in [-0.05, 0) is 75.0 Å². The Kier molecular flexibility index (Phi) is 6.03. The number of piperidine rings is 1. The fraction of sp³-hybridized carbons (Fsp3) is 0.417. The molecule has 1 N–H and O–H groups in total. The largest absolute Gasteiger partial charge is 0.326 e. The molecular formula is C24H27ClN4O4S. The van der Waals surface area contributed by atoms with Crippen molar-refractivity contribution in [3.63, 3.8) is 0 Å². The molecule has 34 heavy (non-hydrogen) atoms. The molecule has 180 valence electrons. The van der Waals surface area contributed by atoms with Crippen LogP contribution in [-0.4, -0.2) is 59.3 Å². The molecule has 1 amide bonds. The normalized spacial score (nSPS) is 18.6. The second-order valence-corrected chi connectivity index (χ2v) is 11.4. The molecule has 0 spiro atoms. The smallest absolute Gasteiger partial charge is 0.306 e. The van der Waals surface area contributed by atoms with Gasteiger partial charge in [-0.2, -0.15) is 0 Å². The molecular weight excluding hydrogens is 476 g/mol. The van der Waals surface area contributed by atoms with Crippen LogP contribution >= 0.6 is 11.6 Å². The number of sulfonamides is 1. The summed E-state index contributed by atoms with van der Waals surface area (Å²) < 4.78 is 28.3. The topological polar surface area (TPSA) is 95.5 Å². The fourth-order valence-corrected chi connectivity index (χ4v) is 6.82. The van der Waals surface area contributed by atoms with Gasteiger partial charge in [-0.25, -0.2) is 17.5 Å². The number of nitrogens with one attached hydrogen (secondary N) is 1. The second kappa shape index (κ2) is 8.87. The van der Waals surface area contributed by atoms with Crippen LogP contribution in [0.1, 0.15) is 47.6 Å². The van der Waals surface area contributed by atoms with Crippen LogP contribution in [0.4, 0.5) is 0 Å². The molecule has 3 aromatic rings. The molecule has 0 atom stereocenters. The Bertz CT molecular complexity index is 1420. The molecule has 5 rings (SSSR count). The number of aromatic amines is 1. The van der Waals surface area contributed by atoms with E-state index in [0.29, 0.717) is 11.4 Å². The maximum Gasteiger partial charge on any atom is 0.326 e. The van der Waals surface area contributed by atoms with Crippen LogP contribution in [-0.2, 0) is 10.0 Å². The van der Waals surface area contributed by atoms with E-state index in [1.165, 1.54) is 18.2 Å². The lowest BCUT2D eigenvalue weighted by Gasteiger charge is -2.32. The van der Waals surface area contributed by atoms with Gasteiger partial charge < -0.3 is 9.88 Å². The lowest BCUT2D eigenvalue weighted by atomic mass is 10.0. The number of aromatic nitrogens is 2. The van der Waals surface area contributed by atoms with E-state index in [4.69, 9.17) is 11.6 Å². The Hall–Kier alpha value is -2.62. The highest BCUT2D eigenvalue weighted by Gasteiger charge is 2.40. The molecule has 1 saturated heterocycles. The summed E-state index contributed by atoms with van der Waals surface area (Å²) in [5.74, 6) is -0.502. The highest BCUT2D eigenvalue weighted by Crippen LogP contribution is 2.32. The first-order valence-corrected chi connectivity index (χ1v) is 13.4. The monoisotopic (exact) mass is 502 g/mol. The number of hydrogen-bond acceptors (Lipinski definition) is 5. The first kappa shape index (κ1) is 23.1. The average Bonchev–Trinajstić information content (AvgIpc) is 3.22. The summed E-state index contributed by atoms with van der Waals surface area (Å²) in [7, 11) is -3.80. The van der Waals surface area contributed by atoms with Gasteiger partial charge in [0.1, 0.15) is 4.90 Å². The molecule has 0 unspecified atom stereocenters. The second-order valence-electron chi connectivity index (χ2n) is 9.12.